The monoisotopic (exact) mass is 277 g/mol. The summed E-state index contributed by atoms with van der Waals surface area (Å²) < 4.78 is 0.875. The molecule has 0 bridgehead atoms. The van der Waals surface area contributed by atoms with Crippen LogP contribution in [0.5, 0.6) is 0 Å². The summed E-state index contributed by atoms with van der Waals surface area (Å²) in [5.74, 6) is 0.757. The number of hydrogen-bond donors (Lipinski definition) is 1. The van der Waals surface area contributed by atoms with E-state index >= 15 is 0 Å². The van der Waals surface area contributed by atoms with Crippen molar-refractivity contribution in [3.63, 3.8) is 0 Å². The van der Waals surface area contributed by atoms with E-state index in [1.54, 1.807) is 6.20 Å². The van der Waals surface area contributed by atoms with Gasteiger partial charge in [0.2, 0.25) is 0 Å². The van der Waals surface area contributed by atoms with Gasteiger partial charge in [0.1, 0.15) is 5.82 Å². The van der Waals surface area contributed by atoms with Gasteiger partial charge >= 0.3 is 0 Å². The normalized spacial score (nSPS) is 12.6. The maximum Gasteiger partial charge on any atom is 0.147 e. The molecule has 0 aromatic carbocycles. The molecule has 1 aromatic rings. The van der Waals surface area contributed by atoms with Gasteiger partial charge in [-0.05, 0) is 28.9 Å². The molecule has 0 amide bonds. The first-order chi connectivity index (χ1) is 6.50. The molecule has 1 aromatic heterocycles. The molecule has 1 unspecified atom stereocenters. The molecule has 1 heterocycles. The van der Waals surface area contributed by atoms with Gasteiger partial charge in [0.15, 0.2) is 0 Å². The van der Waals surface area contributed by atoms with E-state index in [1.165, 1.54) is 0 Å². The summed E-state index contributed by atoms with van der Waals surface area (Å²) in [5.41, 5.74) is 5.69. The van der Waals surface area contributed by atoms with Crippen LogP contribution in [0.15, 0.2) is 16.7 Å². The van der Waals surface area contributed by atoms with E-state index in [0.29, 0.717) is 5.02 Å². The lowest BCUT2D eigenvalue weighted by atomic mass is 10.3. The number of pyridine rings is 1. The molecule has 0 aliphatic carbocycles. The average molecular weight is 279 g/mol. The van der Waals surface area contributed by atoms with Crippen molar-refractivity contribution < 1.29 is 0 Å². The SMILES string of the molecule is CC(N)CN(C)c1ncc(Br)cc1Cl. The highest BCUT2D eigenvalue weighted by Gasteiger charge is 2.09. The smallest absolute Gasteiger partial charge is 0.147 e. The van der Waals surface area contributed by atoms with E-state index in [4.69, 9.17) is 17.3 Å². The zero-order valence-electron chi connectivity index (χ0n) is 8.17. The minimum atomic E-state index is 0.0986. The van der Waals surface area contributed by atoms with Gasteiger partial charge in [0.05, 0.1) is 5.02 Å². The van der Waals surface area contributed by atoms with Gasteiger partial charge in [-0.25, -0.2) is 4.98 Å². The fraction of sp³-hybridized carbons (Fsp3) is 0.444. The van der Waals surface area contributed by atoms with E-state index in [1.807, 2.05) is 24.9 Å². The molecule has 0 saturated heterocycles. The molecule has 14 heavy (non-hydrogen) atoms. The van der Waals surface area contributed by atoms with Crippen LogP contribution in [-0.4, -0.2) is 24.6 Å². The van der Waals surface area contributed by atoms with E-state index in [2.05, 4.69) is 20.9 Å². The molecule has 0 spiro atoms. The minimum Gasteiger partial charge on any atom is -0.357 e. The minimum absolute atomic E-state index is 0.0986. The Hall–Kier alpha value is -0.320. The highest BCUT2D eigenvalue weighted by Crippen LogP contribution is 2.25. The Balaban J connectivity index is 2.84. The molecule has 0 saturated carbocycles. The van der Waals surface area contributed by atoms with Crippen molar-refractivity contribution in [2.24, 2.45) is 5.73 Å². The molecule has 5 heteroatoms. The van der Waals surface area contributed by atoms with Crippen LogP contribution >= 0.6 is 27.5 Å². The first kappa shape index (κ1) is 11.8. The lowest BCUT2D eigenvalue weighted by Crippen LogP contribution is -2.33. The van der Waals surface area contributed by atoms with Crippen molar-refractivity contribution in [1.29, 1.82) is 0 Å². The Kier molecular flexibility index (Phi) is 4.16. The number of anilines is 1. The Labute approximate surface area is 97.4 Å². The van der Waals surface area contributed by atoms with Crippen LogP contribution in [0.25, 0.3) is 0 Å². The standard InChI is InChI=1S/C9H13BrClN3/c1-6(12)5-14(2)9-8(11)3-7(10)4-13-9/h3-4,6H,5,12H2,1-2H3. The second-order valence-electron chi connectivity index (χ2n) is 3.32. The van der Waals surface area contributed by atoms with Crippen LogP contribution < -0.4 is 10.6 Å². The van der Waals surface area contributed by atoms with E-state index < -0.39 is 0 Å². The van der Waals surface area contributed by atoms with Crippen molar-refractivity contribution in [3.05, 3.63) is 21.8 Å². The first-order valence-corrected chi connectivity index (χ1v) is 5.45. The number of likely N-dealkylation sites (N-methyl/N-ethyl adjacent to an activating group) is 1. The largest absolute Gasteiger partial charge is 0.357 e. The summed E-state index contributed by atoms with van der Waals surface area (Å²) in [4.78, 5) is 6.17. The van der Waals surface area contributed by atoms with Crippen LogP contribution in [0.4, 0.5) is 5.82 Å². The van der Waals surface area contributed by atoms with Crippen LogP contribution in [0.2, 0.25) is 5.02 Å². The van der Waals surface area contributed by atoms with Gasteiger partial charge in [0.25, 0.3) is 0 Å². The van der Waals surface area contributed by atoms with Crippen molar-refractivity contribution in [2.45, 2.75) is 13.0 Å². The summed E-state index contributed by atoms with van der Waals surface area (Å²) in [6, 6.07) is 1.92. The van der Waals surface area contributed by atoms with Crippen molar-refractivity contribution >= 4 is 33.3 Å². The molecular formula is C9H13BrClN3. The van der Waals surface area contributed by atoms with Crippen LogP contribution in [0.3, 0.4) is 0 Å². The van der Waals surface area contributed by atoms with Crippen molar-refractivity contribution in [2.75, 3.05) is 18.5 Å². The van der Waals surface area contributed by atoms with Crippen LogP contribution in [0.1, 0.15) is 6.92 Å². The van der Waals surface area contributed by atoms with Gasteiger partial charge in [-0.3, -0.25) is 0 Å². The van der Waals surface area contributed by atoms with Crippen molar-refractivity contribution in [1.82, 2.24) is 4.98 Å². The maximum atomic E-state index is 6.03. The van der Waals surface area contributed by atoms with Crippen LogP contribution in [0, 0.1) is 0 Å². The number of nitrogens with two attached hydrogens (primary N) is 1. The Morgan fingerprint density at radius 2 is 2.36 bits per heavy atom. The van der Waals surface area contributed by atoms with Crippen LogP contribution in [-0.2, 0) is 0 Å². The second kappa shape index (κ2) is 4.96. The fourth-order valence-electron chi connectivity index (χ4n) is 1.21. The predicted molar refractivity (Wildman–Crippen MR) is 63.9 cm³/mol. The average Bonchev–Trinajstić information content (AvgIpc) is 2.01. The summed E-state index contributed by atoms with van der Waals surface area (Å²) in [7, 11) is 1.92. The molecular weight excluding hydrogens is 265 g/mol. The molecule has 1 atom stereocenters. The van der Waals surface area contributed by atoms with E-state index in [0.717, 1.165) is 16.8 Å². The molecule has 78 valence electrons. The molecule has 0 radical (unpaired) electrons. The quantitative estimate of drug-likeness (QED) is 0.922. The third kappa shape index (κ3) is 3.12. The van der Waals surface area contributed by atoms with E-state index in [-0.39, 0.29) is 6.04 Å². The molecule has 0 fully saturated rings. The summed E-state index contributed by atoms with van der Waals surface area (Å²) in [6.45, 7) is 2.68. The van der Waals surface area contributed by atoms with Gasteiger partial charge < -0.3 is 10.6 Å². The number of hydrogen-bond acceptors (Lipinski definition) is 3. The highest BCUT2D eigenvalue weighted by molar-refractivity contribution is 9.10. The summed E-state index contributed by atoms with van der Waals surface area (Å²) in [5, 5.41) is 0.627. The third-order valence-corrected chi connectivity index (χ3v) is 2.42. The Morgan fingerprint density at radius 3 is 2.86 bits per heavy atom. The number of rotatable bonds is 3. The topological polar surface area (TPSA) is 42.1 Å². The number of halogens is 2. The van der Waals surface area contributed by atoms with Gasteiger partial charge in [-0.1, -0.05) is 11.6 Å². The molecule has 2 N–H and O–H groups in total. The molecule has 0 aliphatic heterocycles. The predicted octanol–water partition coefficient (Wildman–Crippen LogP) is 2.28. The molecule has 0 aliphatic rings. The number of aromatic nitrogens is 1. The van der Waals surface area contributed by atoms with Gasteiger partial charge in [0, 0.05) is 30.3 Å². The fourth-order valence-corrected chi connectivity index (χ4v) is 1.98. The third-order valence-electron chi connectivity index (χ3n) is 1.71. The zero-order chi connectivity index (χ0) is 10.7. The first-order valence-electron chi connectivity index (χ1n) is 4.28. The number of nitrogens with zero attached hydrogens (tertiary/aromatic N) is 2. The Morgan fingerprint density at radius 1 is 1.71 bits per heavy atom. The van der Waals surface area contributed by atoms with Gasteiger partial charge in [-0.2, -0.15) is 0 Å². The van der Waals surface area contributed by atoms with Crippen molar-refractivity contribution in [3.8, 4) is 0 Å². The lowest BCUT2D eigenvalue weighted by Gasteiger charge is -2.21. The highest BCUT2D eigenvalue weighted by atomic mass is 79.9. The summed E-state index contributed by atoms with van der Waals surface area (Å²) >= 11 is 9.34. The summed E-state index contributed by atoms with van der Waals surface area (Å²) in [6.07, 6.45) is 1.72. The molecule has 3 nitrogen and oxygen atoms in total. The zero-order valence-corrected chi connectivity index (χ0v) is 10.5. The maximum absolute atomic E-state index is 6.03. The lowest BCUT2D eigenvalue weighted by molar-refractivity contribution is 0.712. The second-order valence-corrected chi connectivity index (χ2v) is 4.64. The Bertz CT molecular complexity index is 317. The van der Waals surface area contributed by atoms with E-state index in [9.17, 15) is 0 Å². The molecule has 1 rings (SSSR count). The van der Waals surface area contributed by atoms with Gasteiger partial charge in [-0.15, -0.1) is 0 Å².